The molecular weight excluding hydrogens is 444 g/mol. The number of anilines is 1. The van der Waals surface area contributed by atoms with E-state index < -0.39 is 0 Å². The zero-order valence-electron chi connectivity index (χ0n) is 20.2. The van der Waals surface area contributed by atoms with Crippen LogP contribution >= 0.6 is 12.2 Å². The number of piperidine rings is 1. The van der Waals surface area contributed by atoms with Crippen molar-refractivity contribution in [3.63, 3.8) is 0 Å². The second-order valence-corrected chi connectivity index (χ2v) is 12.0. The van der Waals surface area contributed by atoms with Crippen LogP contribution in [0.25, 0.3) is 0 Å². The zero-order valence-corrected chi connectivity index (χ0v) is 21.0. The molecule has 2 aliphatic heterocycles. The van der Waals surface area contributed by atoms with Gasteiger partial charge in [0.15, 0.2) is 5.11 Å². The lowest BCUT2D eigenvalue weighted by atomic mass is 9.53. The van der Waals surface area contributed by atoms with E-state index in [1.54, 1.807) is 0 Å². The normalized spacial score (nSPS) is 37.4. The lowest BCUT2D eigenvalue weighted by molar-refractivity contribution is -0.0138. The minimum Gasteiger partial charge on any atom is -0.494 e. The molecule has 2 saturated heterocycles. The second kappa shape index (κ2) is 8.89. The summed E-state index contributed by atoms with van der Waals surface area (Å²) in [4.78, 5) is 15.5. The summed E-state index contributed by atoms with van der Waals surface area (Å²) < 4.78 is 5.54. The summed E-state index contributed by atoms with van der Waals surface area (Å²) in [5.74, 6) is 3.40. The highest BCUT2D eigenvalue weighted by Gasteiger charge is 2.52. The maximum Gasteiger partial charge on any atom is 0.315 e. The van der Waals surface area contributed by atoms with Crippen molar-refractivity contribution in [3.05, 3.63) is 24.3 Å². The molecule has 2 amide bonds. The maximum atomic E-state index is 13.1. The highest BCUT2D eigenvalue weighted by Crippen LogP contribution is 2.55. The number of nitrogens with one attached hydrogen (secondary N) is 3. The molecule has 184 valence electrons. The van der Waals surface area contributed by atoms with Crippen LogP contribution in [0.4, 0.5) is 10.5 Å². The number of carbonyl (C=O) groups is 1. The van der Waals surface area contributed by atoms with Gasteiger partial charge >= 0.3 is 6.03 Å². The highest BCUT2D eigenvalue weighted by molar-refractivity contribution is 7.80. The predicted molar refractivity (Wildman–Crippen MR) is 138 cm³/mol. The first kappa shape index (κ1) is 22.4. The zero-order chi connectivity index (χ0) is 23.3. The molecule has 34 heavy (non-hydrogen) atoms. The number of hydrogen-bond donors (Lipinski definition) is 3. The van der Waals surface area contributed by atoms with Gasteiger partial charge in [0.2, 0.25) is 0 Å². The first-order chi connectivity index (χ1) is 16.5. The van der Waals surface area contributed by atoms with Crippen LogP contribution in [-0.2, 0) is 0 Å². The molecule has 7 rings (SSSR count). The fourth-order valence-corrected chi connectivity index (χ4v) is 8.76. The Bertz CT molecular complexity index is 886. The van der Waals surface area contributed by atoms with Gasteiger partial charge in [0, 0.05) is 29.4 Å². The van der Waals surface area contributed by atoms with E-state index in [-0.39, 0.29) is 17.6 Å². The third-order valence-corrected chi connectivity index (χ3v) is 9.45. The number of hydrogen-bond acceptors (Lipinski definition) is 3. The van der Waals surface area contributed by atoms with E-state index in [0.717, 1.165) is 60.0 Å². The number of thiocarbonyl (C=S) groups is 1. The number of rotatable bonds is 5. The van der Waals surface area contributed by atoms with Gasteiger partial charge < -0.3 is 25.6 Å². The van der Waals surface area contributed by atoms with Crippen LogP contribution in [0.5, 0.6) is 5.75 Å². The van der Waals surface area contributed by atoms with Gasteiger partial charge in [-0.1, -0.05) is 0 Å². The third-order valence-electron chi connectivity index (χ3n) is 9.14. The molecule has 0 spiro atoms. The number of fused-ring (bicyclic) bond motifs is 2. The summed E-state index contributed by atoms with van der Waals surface area (Å²) in [5.41, 5.74) is 1.06. The van der Waals surface area contributed by atoms with Gasteiger partial charge in [-0.2, -0.15) is 0 Å². The topological polar surface area (TPSA) is 65.6 Å². The molecule has 6 nitrogen and oxygen atoms in total. The van der Waals surface area contributed by atoms with E-state index >= 15 is 0 Å². The van der Waals surface area contributed by atoms with Crippen LogP contribution in [0, 0.1) is 17.8 Å². The molecule has 7 heteroatoms. The Morgan fingerprint density at radius 1 is 1.00 bits per heavy atom. The van der Waals surface area contributed by atoms with Crippen LogP contribution in [0.3, 0.4) is 0 Å². The van der Waals surface area contributed by atoms with Gasteiger partial charge in [-0.15, -0.1) is 0 Å². The van der Waals surface area contributed by atoms with Crippen LogP contribution < -0.4 is 20.7 Å². The minimum atomic E-state index is 0.0647. The van der Waals surface area contributed by atoms with E-state index in [1.807, 2.05) is 31.2 Å². The van der Waals surface area contributed by atoms with Crippen LogP contribution in [0.2, 0.25) is 0 Å². The van der Waals surface area contributed by atoms with Gasteiger partial charge in [0.25, 0.3) is 0 Å². The van der Waals surface area contributed by atoms with Gasteiger partial charge in [0.1, 0.15) is 5.75 Å². The van der Waals surface area contributed by atoms with Gasteiger partial charge in [-0.3, -0.25) is 0 Å². The van der Waals surface area contributed by atoms with Crippen molar-refractivity contribution >= 4 is 29.0 Å². The minimum absolute atomic E-state index is 0.0647. The average Bonchev–Trinajstić information content (AvgIpc) is 3.04. The quantitative estimate of drug-likeness (QED) is 0.513. The molecule has 1 aromatic rings. The van der Waals surface area contributed by atoms with E-state index in [2.05, 4.69) is 20.9 Å². The number of benzene rings is 1. The Balaban J connectivity index is 1.03. The molecule has 0 aromatic heterocycles. The van der Waals surface area contributed by atoms with Gasteiger partial charge in [-0.25, -0.2) is 4.79 Å². The van der Waals surface area contributed by atoms with Crippen molar-refractivity contribution in [2.24, 2.45) is 17.8 Å². The predicted octanol–water partition coefficient (Wildman–Crippen LogP) is 5.05. The van der Waals surface area contributed by atoms with Crippen molar-refractivity contribution in [1.82, 2.24) is 15.5 Å². The molecule has 3 N–H and O–H groups in total. The Kier molecular flexibility index (Phi) is 5.87. The third kappa shape index (κ3) is 4.36. The average molecular weight is 483 g/mol. The number of amides is 2. The number of nitrogens with zero attached hydrogens (tertiary/aromatic N) is 1. The summed E-state index contributed by atoms with van der Waals surface area (Å²) >= 11 is 5.82. The summed E-state index contributed by atoms with van der Waals surface area (Å²) in [7, 11) is 0. The molecule has 2 atom stereocenters. The summed E-state index contributed by atoms with van der Waals surface area (Å²) in [6, 6.07) is 9.07. The van der Waals surface area contributed by atoms with E-state index in [1.165, 1.54) is 38.5 Å². The van der Waals surface area contributed by atoms with Crippen molar-refractivity contribution in [1.29, 1.82) is 0 Å². The Hall–Kier alpha value is -2.02. The first-order valence-electron chi connectivity index (χ1n) is 13.4. The smallest absolute Gasteiger partial charge is 0.315 e. The van der Waals surface area contributed by atoms with Crippen LogP contribution in [-0.4, -0.2) is 46.3 Å². The molecule has 1 aromatic carbocycles. The Morgan fingerprint density at radius 2 is 1.59 bits per heavy atom. The molecule has 0 radical (unpaired) electrons. The lowest BCUT2D eigenvalue weighted by Gasteiger charge is -2.56. The van der Waals surface area contributed by atoms with Gasteiger partial charge in [0.05, 0.1) is 6.61 Å². The summed E-state index contributed by atoms with van der Waals surface area (Å²) in [5, 5.41) is 11.1. The summed E-state index contributed by atoms with van der Waals surface area (Å²) in [6.45, 7) is 2.65. The number of carbonyl (C=O) groups excluding carboxylic acids is 1. The van der Waals surface area contributed by atoms with Crippen molar-refractivity contribution in [2.45, 2.75) is 94.8 Å². The van der Waals surface area contributed by atoms with Crippen molar-refractivity contribution in [3.8, 4) is 5.75 Å². The molecule has 4 saturated carbocycles. The van der Waals surface area contributed by atoms with Gasteiger partial charge in [-0.05, 0) is 125 Å². The van der Waals surface area contributed by atoms with Crippen LogP contribution in [0.1, 0.15) is 71.1 Å². The largest absolute Gasteiger partial charge is 0.494 e. The molecular formula is C27H38N4O2S. The summed E-state index contributed by atoms with van der Waals surface area (Å²) in [6.07, 6.45) is 12.0. The monoisotopic (exact) mass is 482 g/mol. The van der Waals surface area contributed by atoms with Crippen LogP contribution in [0.15, 0.2) is 24.3 Å². The molecule has 2 heterocycles. The molecule has 0 unspecified atom stereocenters. The molecule has 4 aliphatic carbocycles. The Labute approximate surface area is 208 Å². The van der Waals surface area contributed by atoms with E-state index in [0.29, 0.717) is 18.7 Å². The standard InChI is InChI=1S/C27H38N4O2S/c1-2-33-24-7-3-20(4-8-24)29-26(34)31-22-5-6-23(31)13-21(12-22)28-25(32)30-27-14-17-9-18(15-27)11-19(10-17)16-27/h3-4,7-8,17-19,21-23H,2,5-6,9-16H2,1H3,(H,29,34)(H2,28,30,32)/t17?,18?,19?,22-,23-,27?/m1/s1. The lowest BCUT2D eigenvalue weighted by Crippen LogP contribution is -2.63. The first-order valence-corrected chi connectivity index (χ1v) is 13.8. The fraction of sp³-hybridized carbons (Fsp3) is 0.704. The van der Waals surface area contributed by atoms with E-state index in [9.17, 15) is 4.79 Å². The molecule has 6 aliphatic rings. The number of urea groups is 1. The van der Waals surface area contributed by atoms with E-state index in [4.69, 9.17) is 17.0 Å². The maximum absolute atomic E-state index is 13.1. The Morgan fingerprint density at radius 3 is 2.15 bits per heavy atom. The number of ether oxygens (including phenoxy) is 1. The van der Waals surface area contributed by atoms with Crippen molar-refractivity contribution < 1.29 is 9.53 Å². The molecule has 6 bridgehead atoms. The highest BCUT2D eigenvalue weighted by atomic mass is 32.1. The van der Waals surface area contributed by atoms with Crippen molar-refractivity contribution in [2.75, 3.05) is 11.9 Å². The SMILES string of the molecule is CCOc1ccc(NC(=S)N2[C@@H]3CC[C@@H]2CC(NC(=O)NC24CC5CC(CC(C5)C2)C4)C3)cc1. The fourth-order valence-electron chi connectivity index (χ4n) is 8.34. The molecule has 6 fully saturated rings. The second-order valence-electron chi connectivity index (χ2n) is 11.6.